The van der Waals surface area contributed by atoms with E-state index in [1.807, 2.05) is 18.2 Å². The summed E-state index contributed by atoms with van der Waals surface area (Å²) in [6.45, 7) is 6.75. The second-order valence-electron chi connectivity index (χ2n) is 11.7. The van der Waals surface area contributed by atoms with Crippen molar-refractivity contribution in [2.75, 3.05) is 44.7 Å². The number of ether oxygens (including phenoxy) is 1. The summed E-state index contributed by atoms with van der Waals surface area (Å²) in [6, 6.07) is 12.9. The van der Waals surface area contributed by atoms with E-state index in [1.54, 1.807) is 23.5 Å². The fourth-order valence-electron chi connectivity index (χ4n) is 6.46. The van der Waals surface area contributed by atoms with Crippen LogP contribution < -0.4 is 10.9 Å². The summed E-state index contributed by atoms with van der Waals surface area (Å²) < 4.78 is 5.39. The molecule has 9 nitrogen and oxygen atoms in total. The Bertz CT molecular complexity index is 1680. The summed E-state index contributed by atoms with van der Waals surface area (Å²) in [5, 5.41) is 4.69. The van der Waals surface area contributed by atoms with Crippen molar-refractivity contribution in [1.29, 1.82) is 0 Å². The SMILES string of the molecule is Cc1cc(Nc2nc(-c3cncc(C(=O)N4CCOCC4)c3)cc3cc[nH]c(=O)c23)ccc1C1CCN(C2CC2)CC1. The van der Waals surface area contributed by atoms with E-state index in [0.29, 0.717) is 60.2 Å². The van der Waals surface area contributed by atoms with Gasteiger partial charge in [0.15, 0.2) is 0 Å². The van der Waals surface area contributed by atoms with Gasteiger partial charge in [0.1, 0.15) is 5.82 Å². The zero-order valence-electron chi connectivity index (χ0n) is 23.9. The fourth-order valence-corrected chi connectivity index (χ4v) is 6.46. The lowest BCUT2D eigenvalue weighted by Gasteiger charge is -2.33. The van der Waals surface area contributed by atoms with Gasteiger partial charge in [-0.3, -0.25) is 14.6 Å². The normalized spacial score (nSPS) is 18.4. The number of aromatic amines is 1. The Balaban J connectivity index is 1.18. The number of H-pyrrole nitrogens is 1. The number of hydrogen-bond donors (Lipinski definition) is 2. The lowest BCUT2D eigenvalue weighted by molar-refractivity contribution is 0.0302. The number of aromatic nitrogens is 3. The molecule has 3 aliphatic rings. The third-order valence-corrected chi connectivity index (χ3v) is 8.90. The largest absolute Gasteiger partial charge is 0.378 e. The van der Waals surface area contributed by atoms with E-state index in [2.05, 4.69) is 45.3 Å². The summed E-state index contributed by atoms with van der Waals surface area (Å²) in [6.07, 6.45) is 10.1. The van der Waals surface area contributed by atoms with E-state index >= 15 is 0 Å². The molecule has 0 bridgehead atoms. The standard InChI is InChI=1S/C33H36N6O3/c1-21-16-26(2-5-28(21)22-7-10-38(11-8-22)27-3-4-27)36-31-30-23(6-9-35-32(30)40)18-29(37-31)24-17-25(20-34-19-24)33(41)39-12-14-42-15-13-39/h2,5-6,9,16-20,22,27H,3-4,7-8,10-15H2,1H3,(H,35,40)(H,36,37). The number of fused-ring (bicyclic) bond motifs is 1. The molecule has 2 saturated heterocycles. The molecule has 4 aromatic rings. The number of pyridine rings is 3. The first-order chi connectivity index (χ1) is 20.5. The molecule has 3 aromatic heterocycles. The van der Waals surface area contributed by atoms with Gasteiger partial charge in [-0.2, -0.15) is 0 Å². The highest BCUT2D eigenvalue weighted by molar-refractivity contribution is 5.97. The second kappa shape index (κ2) is 11.3. The Kier molecular flexibility index (Phi) is 7.21. The maximum absolute atomic E-state index is 13.1. The molecule has 0 spiro atoms. The molecule has 5 heterocycles. The summed E-state index contributed by atoms with van der Waals surface area (Å²) in [5.41, 5.74) is 5.19. The number of anilines is 2. The smallest absolute Gasteiger partial charge is 0.259 e. The molecule has 3 fully saturated rings. The second-order valence-corrected chi connectivity index (χ2v) is 11.7. The number of piperidine rings is 1. The molecule has 0 unspecified atom stereocenters. The van der Waals surface area contributed by atoms with E-state index in [-0.39, 0.29) is 11.5 Å². The Morgan fingerprint density at radius 2 is 1.81 bits per heavy atom. The van der Waals surface area contributed by atoms with E-state index in [9.17, 15) is 9.59 Å². The fraction of sp³-hybridized carbons (Fsp3) is 0.394. The van der Waals surface area contributed by atoms with Gasteiger partial charge in [0, 0.05) is 49.0 Å². The van der Waals surface area contributed by atoms with Gasteiger partial charge in [-0.1, -0.05) is 6.07 Å². The molecule has 1 aliphatic carbocycles. The third kappa shape index (κ3) is 5.42. The molecule has 2 aliphatic heterocycles. The van der Waals surface area contributed by atoms with Crippen LogP contribution in [0.2, 0.25) is 0 Å². The topological polar surface area (TPSA) is 103 Å². The molecule has 1 saturated carbocycles. The van der Waals surface area contributed by atoms with Crippen LogP contribution in [0, 0.1) is 6.92 Å². The van der Waals surface area contributed by atoms with Crippen molar-refractivity contribution in [2.24, 2.45) is 0 Å². The average Bonchev–Trinajstić information content (AvgIpc) is 3.87. The molecule has 0 atom stereocenters. The molecule has 42 heavy (non-hydrogen) atoms. The number of hydrogen-bond acceptors (Lipinski definition) is 7. The van der Waals surface area contributed by atoms with Crippen LogP contribution in [0.15, 0.2) is 59.8 Å². The van der Waals surface area contributed by atoms with Crippen LogP contribution in [0.4, 0.5) is 11.5 Å². The highest BCUT2D eigenvalue weighted by Gasteiger charge is 2.32. The van der Waals surface area contributed by atoms with Gasteiger partial charge in [0.05, 0.1) is 29.9 Å². The van der Waals surface area contributed by atoms with Crippen LogP contribution in [0.25, 0.3) is 22.0 Å². The first-order valence-electron chi connectivity index (χ1n) is 15.0. The lowest BCUT2D eigenvalue weighted by atomic mass is 9.86. The minimum Gasteiger partial charge on any atom is -0.378 e. The van der Waals surface area contributed by atoms with Gasteiger partial charge >= 0.3 is 0 Å². The quantitative estimate of drug-likeness (QED) is 0.345. The Morgan fingerprint density at radius 1 is 1.00 bits per heavy atom. The molecule has 0 radical (unpaired) electrons. The summed E-state index contributed by atoms with van der Waals surface area (Å²) >= 11 is 0. The van der Waals surface area contributed by atoms with Gasteiger partial charge in [0.2, 0.25) is 0 Å². The summed E-state index contributed by atoms with van der Waals surface area (Å²) in [7, 11) is 0. The molecule has 1 aromatic carbocycles. The number of amides is 1. The number of morpholine rings is 1. The van der Waals surface area contributed by atoms with Crippen molar-refractivity contribution in [1.82, 2.24) is 24.8 Å². The number of aryl methyl sites for hydroxylation is 1. The van der Waals surface area contributed by atoms with Gasteiger partial charge in [-0.05, 0) is 98.5 Å². The predicted molar refractivity (Wildman–Crippen MR) is 163 cm³/mol. The number of benzene rings is 1. The zero-order valence-corrected chi connectivity index (χ0v) is 23.9. The Labute approximate surface area is 244 Å². The van der Waals surface area contributed by atoms with Crippen molar-refractivity contribution in [3.63, 3.8) is 0 Å². The molecule has 7 rings (SSSR count). The predicted octanol–water partition coefficient (Wildman–Crippen LogP) is 4.85. The van der Waals surface area contributed by atoms with Crippen LogP contribution in [0.3, 0.4) is 0 Å². The molecular formula is C33H36N6O3. The lowest BCUT2D eigenvalue weighted by Crippen LogP contribution is -2.40. The van der Waals surface area contributed by atoms with Crippen LogP contribution >= 0.6 is 0 Å². The molecule has 2 N–H and O–H groups in total. The summed E-state index contributed by atoms with van der Waals surface area (Å²) in [5.74, 6) is 0.982. The van der Waals surface area contributed by atoms with Crippen LogP contribution in [0.1, 0.15) is 53.1 Å². The Morgan fingerprint density at radius 3 is 2.57 bits per heavy atom. The monoisotopic (exact) mass is 564 g/mol. The maximum atomic E-state index is 13.1. The zero-order chi connectivity index (χ0) is 28.6. The number of likely N-dealkylation sites (tertiary alicyclic amines) is 1. The number of nitrogens with one attached hydrogen (secondary N) is 2. The van der Waals surface area contributed by atoms with Gasteiger partial charge in [-0.15, -0.1) is 0 Å². The van der Waals surface area contributed by atoms with E-state index in [1.165, 1.54) is 49.9 Å². The van der Waals surface area contributed by atoms with Crippen molar-refractivity contribution < 1.29 is 9.53 Å². The highest BCUT2D eigenvalue weighted by Crippen LogP contribution is 2.36. The maximum Gasteiger partial charge on any atom is 0.259 e. The van der Waals surface area contributed by atoms with E-state index < -0.39 is 0 Å². The van der Waals surface area contributed by atoms with Crippen molar-refractivity contribution in [3.05, 3.63) is 82.0 Å². The molecule has 1 amide bonds. The van der Waals surface area contributed by atoms with Gasteiger partial charge < -0.3 is 24.8 Å². The van der Waals surface area contributed by atoms with Crippen LogP contribution in [-0.4, -0.2) is 76.1 Å². The first kappa shape index (κ1) is 26.8. The van der Waals surface area contributed by atoms with E-state index in [4.69, 9.17) is 9.72 Å². The van der Waals surface area contributed by atoms with Crippen LogP contribution in [-0.2, 0) is 4.74 Å². The van der Waals surface area contributed by atoms with Crippen molar-refractivity contribution >= 4 is 28.2 Å². The van der Waals surface area contributed by atoms with Gasteiger partial charge in [-0.25, -0.2) is 4.98 Å². The highest BCUT2D eigenvalue weighted by atomic mass is 16.5. The summed E-state index contributed by atoms with van der Waals surface area (Å²) in [4.78, 5) is 42.6. The molecule has 216 valence electrons. The Hall–Kier alpha value is -4.08. The number of carbonyl (C=O) groups is 1. The molecule has 9 heteroatoms. The van der Waals surface area contributed by atoms with Crippen molar-refractivity contribution in [3.8, 4) is 11.3 Å². The number of rotatable bonds is 6. The number of nitrogens with zero attached hydrogens (tertiary/aromatic N) is 4. The average molecular weight is 565 g/mol. The van der Waals surface area contributed by atoms with Crippen molar-refractivity contribution in [2.45, 2.75) is 44.6 Å². The minimum atomic E-state index is -0.209. The molecular weight excluding hydrogens is 528 g/mol. The third-order valence-electron chi connectivity index (χ3n) is 8.90. The van der Waals surface area contributed by atoms with Gasteiger partial charge in [0.25, 0.3) is 11.5 Å². The number of carbonyl (C=O) groups excluding carboxylic acids is 1. The van der Waals surface area contributed by atoms with Crippen LogP contribution in [0.5, 0.6) is 0 Å². The van der Waals surface area contributed by atoms with E-state index in [0.717, 1.165) is 17.1 Å². The first-order valence-corrected chi connectivity index (χ1v) is 15.0. The minimum absolute atomic E-state index is 0.0722.